The lowest BCUT2D eigenvalue weighted by molar-refractivity contribution is -0.131. The molecule has 1 aromatic carbocycles. The molecule has 0 bridgehead atoms. The van der Waals surface area contributed by atoms with E-state index in [1.165, 1.54) is 12.1 Å². The van der Waals surface area contributed by atoms with Crippen LogP contribution in [0.15, 0.2) is 48.8 Å². The highest BCUT2D eigenvalue weighted by Gasteiger charge is 2.46. The average molecular weight is 326 g/mol. The van der Waals surface area contributed by atoms with E-state index in [1.54, 1.807) is 24.5 Å². The van der Waals surface area contributed by atoms with Crippen molar-refractivity contribution in [1.82, 2.24) is 9.88 Å². The highest BCUT2D eigenvalue weighted by atomic mass is 19.1. The molecule has 2 heterocycles. The van der Waals surface area contributed by atoms with Gasteiger partial charge >= 0.3 is 0 Å². The lowest BCUT2D eigenvalue weighted by atomic mass is 10.1. The van der Waals surface area contributed by atoms with E-state index in [4.69, 9.17) is 4.74 Å². The zero-order valence-electron chi connectivity index (χ0n) is 13.3. The standard InChI is InChI=1S/C19H19FN2O2/c20-14-3-1-13(2-4-14)17-11-18(17)19(23)22-10-7-16(12-22)24-15-5-8-21-9-6-15/h1-6,8-9,16-18H,7,10-12H2. The normalized spacial score (nSPS) is 25.5. The summed E-state index contributed by atoms with van der Waals surface area (Å²) in [4.78, 5) is 18.5. The molecule has 1 saturated carbocycles. The number of aromatic nitrogens is 1. The Morgan fingerprint density at radius 3 is 2.67 bits per heavy atom. The Balaban J connectivity index is 1.33. The van der Waals surface area contributed by atoms with E-state index in [2.05, 4.69) is 4.98 Å². The van der Waals surface area contributed by atoms with Crippen molar-refractivity contribution in [1.29, 1.82) is 0 Å². The number of rotatable bonds is 4. The van der Waals surface area contributed by atoms with Crippen LogP contribution in [0.4, 0.5) is 4.39 Å². The van der Waals surface area contributed by atoms with E-state index in [0.717, 1.165) is 30.7 Å². The van der Waals surface area contributed by atoms with E-state index in [0.29, 0.717) is 6.54 Å². The maximum Gasteiger partial charge on any atom is 0.226 e. The summed E-state index contributed by atoms with van der Waals surface area (Å²) in [5.74, 6) is 1.02. The second kappa shape index (κ2) is 6.23. The summed E-state index contributed by atoms with van der Waals surface area (Å²) in [7, 11) is 0. The lowest BCUT2D eigenvalue weighted by Gasteiger charge is -2.17. The van der Waals surface area contributed by atoms with Gasteiger partial charge in [-0.3, -0.25) is 9.78 Å². The molecule has 1 saturated heterocycles. The number of pyridine rings is 1. The van der Waals surface area contributed by atoms with Crippen LogP contribution in [0.25, 0.3) is 0 Å². The van der Waals surface area contributed by atoms with Gasteiger partial charge in [-0.2, -0.15) is 0 Å². The minimum atomic E-state index is -0.238. The molecule has 2 aromatic rings. The van der Waals surface area contributed by atoms with Crippen molar-refractivity contribution in [3.05, 3.63) is 60.2 Å². The molecule has 3 unspecified atom stereocenters. The molecule has 124 valence electrons. The third-order valence-electron chi connectivity index (χ3n) is 4.81. The second-order valence-electron chi connectivity index (χ2n) is 6.50. The van der Waals surface area contributed by atoms with Crippen LogP contribution in [0.3, 0.4) is 0 Å². The van der Waals surface area contributed by atoms with Gasteiger partial charge in [0.15, 0.2) is 0 Å². The molecular formula is C19H19FN2O2. The van der Waals surface area contributed by atoms with Gasteiger partial charge in [0.1, 0.15) is 17.7 Å². The predicted molar refractivity (Wildman–Crippen MR) is 87.1 cm³/mol. The Hall–Kier alpha value is -2.43. The van der Waals surface area contributed by atoms with Crippen LogP contribution >= 0.6 is 0 Å². The Morgan fingerprint density at radius 1 is 1.17 bits per heavy atom. The molecule has 2 fully saturated rings. The fraction of sp³-hybridized carbons (Fsp3) is 0.368. The van der Waals surface area contributed by atoms with Gasteiger partial charge < -0.3 is 9.64 Å². The molecule has 0 spiro atoms. The van der Waals surface area contributed by atoms with Crippen molar-refractivity contribution in [2.75, 3.05) is 13.1 Å². The van der Waals surface area contributed by atoms with E-state index in [-0.39, 0.29) is 29.7 Å². The minimum Gasteiger partial charge on any atom is -0.488 e. The molecule has 1 amide bonds. The molecule has 24 heavy (non-hydrogen) atoms. The van der Waals surface area contributed by atoms with E-state index in [9.17, 15) is 9.18 Å². The monoisotopic (exact) mass is 326 g/mol. The molecule has 1 aliphatic heterocycles. The van der Waals surface area contributed by atoms with Gasteiger partial charge in [0, 0.05) is 31.3 Å². The topological polar surface area (TPSA) is 42.4 Å². The van der Waals surface area contributed by atoms with Crippen molar-refractivity contribution < 1.29 is 13.9 Å². The highest BCUT2D eigenvalue weighted by molar-refractivity contribution is 5.83. The van der Waals surface area contributed by atoms with Gasteiger partial charge in [-0.15, -0.1) is 0 Å². The average Bonchev–Trinajstić information content (AvgIpc) is 3.27. The van der Waals surface area contributed by atoms with Crippen LogP contribution < -0.4 is 4.74 Å². The Bertz CT molecular complexity index is 720. The second-order valence-corrected chi connectivity index (χ2v) is 6.50. The van der Waals surface area contributed by atoms with E-state index >= 15 is 0 Å². The zero-order chi connectivity index (χ0) is 16.5. The van der Waals surface area contributed by atoms with Gasteiger partial charge in [-0.1, -0.05) is 12.1 Å². The maximum absolute atomic E-state index is 13.0. The van der Waals surface area contributed by atoms with Crippen LogP contribution in [0.1, 0.15) is 24.3 Å². The highest BCUT2D eigenvalue weighted by Crippen LogP contribution is 2.48. The largest absolute Gasteiger partial charge is 0.488 e. The lowest BCUT2D eigenvalue weighted by Crippen LogP contribution is -2.32. The fourth-order valence-electron chi connectivity index (χ4n) is 3.41. The van der Waals surface area contributed by atoms with Gasteiger partial charge in [0.05, 0.1) is 6.54 Å². The number of amides is 1. The number of ether oxygens (including phenoxy) is 1. The van der Waals surface area contributed by atoms with Crippen LogP contribution in [-0.4, -0.2) is 35.0 Å². The van der Waals surface area contributed by atoms with Crippen molar-refractivity contribution in [3.63, 3.8) is 0 Å². The SMILES string of the molecule is O=C(C1CC1c1ccc(F)cc1)N1CCC(Oc2ccncc2)C1. The van der Waals surface area contributed by atoms with Crippen LogP contribution in [0.5, 0.6) is 5.75 Å². The van der Waals surface area contributed by atoms with Crippen molar-refractivity contribution in [3.8, 4) is 5.75 Å². The number of carbonyl (C=O) groups excluding carboxylic acids is 1. The molecular weight excluding hydrogens is 307 g/mol. The number of carbonyl (C=O) groups is 1. The zero-order valence-corrected chi connectivity index (χ0v) is 13.3. The van der Waals surface area contributed by atoms with Crippen molar-refractivity contribution in [2.45, 2.75) is 24.9 Å². The molecule has 1 aromatic heterocycles. The number of halogens is 1. The summed E-state index contributed by atoms with van der Waals surface area (Å²) in [5.41, 5.74) is 1.05. The van der Waals surface area contributed by atoms with Crippen molar-refractivity contribution >= 4 is 5.91 Å². The molecule has 0 N–H and O–H groups in total. The minimum absolute atomic E-state index is 0.0372. The van der Waals surface area contributed by atoms with Gasteiger partial charge in [0.2, 0.25) is 5.91 Å². The quantitative estimate of drug-likeness (QED) is 0.867. The van der Waals surface area contributed by atoms with E-state index < -0.39 is 0 Å². The van der Waals surface area contributed by atoms with Gasteiger partial charge in [0.25, 0.3) is 0 Å². The van der Waals surface area contributed by atoms with E-state index in [1.807, 2.05) is 17.0 Å². The Morgan fingerprint density at radius 2 is 1.92 bits per heavy atom. The van der Waals surface area contributed by atoms with Gasteiger partial charge in [-0.25, -0.2) is 4.39 Å². The third kappa shape index (κ3) is 3.11. The number of nitrogens with zero attached hydrogens (tertiary/aromatic N) is 2. The first kappa shape index (κ1) is 15.1. The summed E-state index contributed by atoms with van der Waals surface area (Å²) in [6, 6.07) is 10.2. The van der Waals surface area contributed by atoms with Crippen LogP contribution in [-0.2, 0) is 4.79 Å². The smallest absolute Gasteiger partial charge is 0.226 e. The molecule has 1 aliphatic carbocycles. The summed E-state index contributed by atoms with van der Waals surface area (Å²) >= 11 is 0. The molecule has 0 radical (unpaired) electrons. The Kier molecular flexibility index (Phi) is 3.92. The first-order chi connectivity index (χ1) is 11.7. The molecule has 5 heteroatoms. The molecule has 4 rings (SSSR count). The van der Waals surface area contributed by atoms with Crippen LogP contribution in [0.2, 0.25) is 0 Å². The number of hydrogen-bond donors (Lipinski definition) is 0. The Labute approximate surface area is 140 Å². The summed E-state index contributed by atoms with van der Waals surface area (Å²) in [6.45, 7) is 1.37. The van der Waals surface area contributed by atoms with Crippen LogP contribution in [0, 0.1) is 11.7 Å². The first-order valence-corrected chi connectivity index (χ1v) is 8.31. The predicted octanol–water partition coefficient (Wildman–Crippen LogP) is 3.00. The third-order valence-corrected chi connectivity index (χ3v) is 4.81. The molecule has 4 nitrogen and oxygen atoms in total. The number of benzene rings is 1. The molecule has 3 atom stereocenters. The summed E-state index contributed by atoms with van der Waals surface area (Å²) in [6.07, 6.45) is 5.15. The van der Waals surface area contributed by atoms with Crippen molar-refractivity contribution in [2.24, 2.45) is 5.92 Å². The fourth-order valence-corrected chi connectivity index (χ4v) is 3.41. The molecule has 2 aliphatic rings. The number of hydrogen-bond acceptors (Lipinski definition) is 3. The first-order valence-electron chi connectivity index (χ1n) is 8.31. The summed E-state index contributed by atoms with van der Waals surface area (Å²) in [5, 5.41) is 0. The number of likely N-dealkylation sites (tertiary alicyclic amines) is 1. The summed E-state index contributed by atoms with van der Waals surface area (Å²) < 4.78 is 18.9. The maximum atomic E-state index is 13.0. The van der Waals surface area contributed by atoms with Gasteiger partial charge in [-0.05, 0) is 42.2 Å².